The molecule has 3 rings (SSSR count). The van der Waals surface area contributed by atoms with Crippen molar-refractivity contribution in [2.75, 3.05) is 42.6 Å². The summed E-state index contributed by atoms with van der Waals surface area (Å²) < 4.78 is 39.5. The molecule has 30 heavy (non-hydrogen) atoms. The quantitative estimate of drug-likeness (QED) is 0.728. The van der Waals surface area contributed by atoms with Crippen molar-refractivity contribution in [2.24, 2.45) is 0 Å². The smallest absolute Gasteiger partial charge is 0.308 e. The van der Waals surface area contributed by atoms with Gasteiger partial charge in [0.05, 0.1) is 17.6 Å². The van der Waals surface area contributed by atoms with Gasteiger partial charge in [-0.25, -0.2) is 17.6 Å². The summed E-state index contributed by atoms with van der Waals surface area (Å²) in [5.41, 5.74) is 2.42. The number of pyridine rings is 1. The molecule has 1 aromatic heterocycles. The first-order valence-corrected chi connectivity index (χ1v) is 11.4. The Labute approximate surface area is 176 Å². The van der Waals surface area contributed by atoms with Crippen LogP contribution in [0.15, 0.2) is 36.5 Å². The zero-order valence-electron chi connectivity index (χ0n) is 17.1. The van der Waals surface area contributed by atoms with E-state index in [1.54, 1.807) is 31.3 Å². The molecule has 2 amide bonds. The van der Waals surface area contributed by atoms with Crippen molar-refractivity contribution in [2.45, 2.75) is 20.4 Å². The van der Waals surface area contributed by atoms with Gasteiger partial charge in [-0.1, -0.05) is 0 Å². The number of rotatable bonds is 6. The lowest BCUT2D eigenvalue weighted by Crippen LogP contribution is -2.48. The lowest BCUT2D eigenvalue weighted by Gasteiger charge is -2.33. The van der Waals surface area contributed by atoms with Gasteiger partial charge in [-0.15, -0.1) is 0 Å². The second-order valence-electron chi connectivity index (χ2n) is 7.19. The van der Waals surface area contributed by atoms with Gasteiger partial charge in [-0.3, -0.25) is 9.88 Å². The Bertz CT molecular complexity index is 990. The number of anilines is 2. The van der Waals surface area contributed by atoms with E-state index in [0.29, 0.717) is 49.7 Å². The third-order valence-electron chi connectivity index (χ3n) is 4.88. The fourth-order valence-corrected chi connectivity index (χ4v) is 4.34. The highest BCUT2D eigenvalue weighted by Crippen LogP contribution is 2.18. The van der Waals surface area contributed by atoms with E-state index >= 15 is 0 Å². The number of benzene rings is 1. The molecule has 8 nitrogen and oxygen atoms in total. The van der Waals surface area contributed by atoms with Gasteiger partial charge in [0.25, 0.3) is 0 Å². The van der Waals surface area contributed by atoms with Crippen LogP contribution in [0.25, 0.3) is 0 Å². The lowest BCUT2D eigenvalue weighted by molar-refractivity contribution is 0.181. The van der Waals surface area contributed by atoms with Gasteiger partial charge in [-0.2, -0.15) is 4.31 Å². The third kappa shape index (κ3) is 5.97. The van der Waals surface area contributed by atoms with Crippen molar-refractivity contribution in [3.05, 3.63) is 53.6 Å². The van der Waals surface area contributed by atoms with Crippen LogP contribution in [0.4, 0.5) is 20.6 Å². The van der Waals surface area contributed by atoms with Gasteiger partial charge in [0, 0.05) is 44.1 Å². The Morgan fingerprint density at radius 2 is 1.80 bits per heavy atom. The molecule has 10 heteroatoms. The molecular formula is C20H26FN5O3S. The van der Waals surface area contributed by atoms with Crippen LogP contribution in [0.5, 0.6) is 0 Å². The molecule has 162 valence electrons. The number of aryl methyl sites for hydroxylation is 1. The first-order valence-electron chi connectivity index (χ1n) is 9.75. The van der Waals surface area contributed by atoms with Crippen LogP contribution >= 0.6 is 0 Å². The Morgan fingerprint density at radius 1 is 1.10 bits per heavy atom. The largest absolute Gasteiger partial charge is 0.323 e. The minimum absolute atomic E-state index is 0.0899. The molecule has 1 aromatic carbocycles. The maximum atomic E-state index is 14.1. The van der Waals surface area contributed by atoms with Gasteiger partial charge < -0.3 is 10.6 Å². The van der Waals surface area contributed by atoms with Crippen LogP contribution in [-0.4, -0.2) is 60.6 Å². The lowest BCUT2D eigenvalue weighted by atomic mass is 10.1. The van der Waals surface area contributed by atoms with Crippen molar-refractivity contribution >= 4 is 27.4 Å². The van der Waals surface area contributed by atoms with Gasteiger partial charge in [0.2, 0.25) is 10.0 Å². The molecule has 1 saturated heterocycles. The monoisotopic (exact) mass is 435 g/mol. The summed E-state index contributed by atoms with van der Waals surface area (Å²) in [6, 6.07) is 7.41. The Hall–Kier alpha value is -2.56. The van der Waals surface area contributed by atoms with E-state index in [4.69, 9.17) is 0 Å². The van der Waals surface area contributed by atoms with E-state index in [2.05, 4.69) is 20.5 Å². The summed E-state index contributed by atoms with van der Waals surface area (Å²) in [6.45, 7) is 5.93. The summed E-state index contributed by atoms with van der Waals surface area (Å²) in [5, 5.41) is 5.29. The second kappa shape index (κ2) is 9.50. The number of urea groups is 1. The average Bonchev–Trinajstić information content (AvgIpc) is 2.69. The number of sulfonamides is 1. The second-order valence-corrected chi connectivity index (χ2v) is 9.45. The van der Waals surface area contributed by atoms with Gasteiger partial charge in [0.1, 0.15) is 5.82 Å². The van der Waals surface area contributed by atoms with E-state index in [9.17, 15) is 17.6 Å². The number of amides is 2. The Kier molecular flexibility index (Phi) is 7.01. The number of carbonyl (C=O) groups is 1. The van der Waals surface area contributed by atoms with E-state index < -0.39 is 21.9 Å². The molecule has 0 bridgehead atoms. The van der Waals surface area contributed by atoms with E-state index in [0.717, 1.165) is 5.69 Å². The van der Waals surface area contributed by atoms with Crippen LogP contribution in [0.3, 0.4) is 0 Å². The van der Waals surface area contributed by atoms with Crippen molar-refractivity contribution < 1.29 is 17.6 Å². The number of piperazine rings is 1. The molecule has 1 aliphatic rings. The number of halogens is 1. The highest BCUT2D eigenvalue weighted by Gasteiger charge is 2.25. The van der Waals surface area contributed by atoms with Crippen LogP contribution in [-0.2, 0) is 16.6 Å². The first kappa shape index (κ1) is 22.1. The topological polar surface area (TPSA) is 94.6 Å². The molecule has 0 saturated carbocycles. The number of aromatic nitrogens is 1. The third-order valence-corrected chi connectivity index (χ3v) is 6.76. The van der Waals surface area contributed by atoms with Gasteiger partial charge in [0.15, 0.2) is 0 Å². The van der Waals surface area contributed by atoms with Gasteiger partial charge in [-0.05, 0) is 49.7 Å². The highest BCUT2D eigenvalue weighted by molar-refractivity contribution is 7.89. The number of hydrogen-bond acceptors (Lipinski definition) is 5. The highest BCUT2D eigenvalue weighted by atomic mass is 32.2. The van der Waals surface area contributed by atoms with Crippen LogP contribution < -0.4 is 10.6 Å². The molecule has 1 fully saturated rings. The van der Waals surface area contributed by atoms with Crippen LogP contribution in [0.1, 0.15) is 18.2 Å². The summed E-state index contributed by atoms with van der Waals surface area (Å²) >= 11 is 0. The molecule has 0 radical (unpaired) electrons. The number of nitrogens with one attached hydrogen (secondary N) is 2. The maximum absolute atomic E-state index is 14.1. The summed E-state index contributed by atoms with van der Waals surface area (Å²) in [6.07, 6.45) is 1.55. The minimum atomic E-state index is -3.18. The van der Waals surface area contributed by atoms with Crippen molar-refractivity contribution in [1.29, 1.82) is 0 Å². The fraction of sp³-hybridized carbons (Fsp3) is 0.400. The molecule has 0 atom stereocenters. The van der Waals surface area contributed by atoms with Crippen molar-refractivity contribution in [1.82, 2.24) is 14.2 Å². The first-order chi connectivity index (χ1) is 14.2. The molecular weight excluding hydrogens is 409 g/mol. The zero-order valence-corrected chi connectivity index (χ0v) is 17.9. The van der Waals surface area contributed by atoms with Crippen LogP contribution in [0, 0.1) is 12.7 Å². The summed E-state index contributed by atoms with van der Waals surface area (Å²) in [4.78, 5) is 18.4. The minimum Gasteiger partial charge on any atom is -0.308 e. The Morgan fingerprint density at radius 3 is 2.43 bits per heavy atom. The summed E-state index contributed by atoms with van der Waals surface area (Å²) in [5.74, 6) is -0.362. The normalized spacial score (nSPS) is 15.7. The predicted molar refractivity (Wildman–Crippen MR) is 114 cm³/mol. The van der Waals surface area contributed by atoms with E-state index in [-0.39, 0.29) is 5.75 Å². The zero-order chi connectivity index (χ0) is 21.7. The van der Waals surface area contributed by atoms with Crippen molar-refractivity contribution in [3.63, 3.8) is 0 Å². The van der Waals surface area contributed by atoms with E-state index in [1.165, 1.54) is 16.4 Å². The molecule has 0 spiro atoms. The standard InChI is InChI=1S/C20H26FN5O3S/c1-3-30(28,29)26-8-6-25(7-9-26)14-16-10-17(21)12-19(11-16)24-20(27)23-18-5-4-15(2)22-13-18/h4-5,10-13H,3,6-9,14H2,1-2H3,(H2,23,24,27). The molecule has 0 unspecified atom stereocenters. The number of carbonyl (C=O) groups excluding carboxylic acids is 1. The molecule has 2 N–H and O–H groups in total. The number of nitrogens with zero attached hydrogens (tertiary/aromatic N) is 3. The number of hydrogen-bond donors (Lipinski definition) is 2. The Balaban J connectivity index is 1.59. The average molecular weight is 436 g/mol. The van der Waals surface area contributed by atoms with Gasteiger partial charge >= 0.3 is 6.03 Å². The van der Waals surface area contributed by atoms with Crippen LogP contribution in [0.2, 0.25) is 0 Å². The fourth-order valence-electron chi connectivity index (χ4n) is 3.26. The SMILES string of the molecule is CCS(=O)(=O)N1CCN(Cc2cc(F)cc(NC(=O)Nc3ccc(C)nc3)c2)CC1. The molecule has 0 aliphatic carbocycles. The molecule has 1 aliphatic heterocycles. The predicted octanol–water partition coefficient (Wildman–Crippen LogP) is 2.64. The van der Waals surface area contributed by atoms with Crippen molar-refractivity contribution in [3.8, 4) is 0 Å². The maximum Gasteiger partial charge on any atom is 0.323 e. The molecule has 2 aromatic rings. The molecule has 2 heterocycles. The summed E-state index contributed by atoms with van der Waals surface area (Å²) in [7, 11) is -3.18. The van der Waals surface area contributed by atoms with E-state index in [1.807, 2.05) is 6.92 Å².